The van der Waals surface area contributed by atoms with E-state index in [0.717, 1.165) is 11.1 Å². The van der Waals surface area contributed by atoms with Gasteiger partial charge in [-0.3, -0.25) is 4.79 Å². The quantitative estimate of drug-likeness (QED) is 0.451. The summed E-state index contributed by atoms with van der Waals surface area (Å²) in [5.74, 6) is 0.817. The van der Waals surface area contributed by atoms with E-state index in [1.807, 2.05) is 61.5 Å². The fourth-order valence-electron chi connectivity index (χ4n) is 2.96. The predicted molar refractivity (Wildman–Crippen MR) is 112 cm³/mol. The molecule has 1 amide bonds. The molecule has 0 aliphatic heterocycles. The number of nitrogens with one attached hydrogen (secondary N) is 1. The number of nitrogens with zero attached hydrogens (tertiary/aromatic N) is 1. The van der Waals surface area contributed by atoms with Crippen LogP contribution in [0.4, 0.5) is 5.69 Å². The molecule has 1 N–H and O–H groups in total. The van der Waals surface area contributed by atoms with Crippen molar-refractivity contribution in [3.05, 3.63) is 95.1 Å². The van der Waals surface area contributed by atoms with E-state index in [4.69, 9.17) is 16.0 Å². The lowest BCUT2D eigenvalue weighted by Gasteiger charge is -2.10. The van der Waals surface area contributed by atoms with Crippen LogP contribution in [-0.4, -0.2) is 10.9 Å². The zero-order chi connectivity index (χ0) is 19.5. The largest absolute Gasteiger partial charge is 0.436 e. The van der Waals surface area contributed by atoms with Crippen molar-refractivity contribution in [2.45, 2.75) is 6.92 Å². The van der Waals surface area contributed by atoms with Gasteiger partial charge in [0.25, 0.3) is 5.91 Å². The minimum absolute atomic E-state index is 0.236. The monoisotopic (exact) mass is 388 g/mol. The Labute approximate surface area is 167 Å². The second-order valence-corrected chi connectivity index (χ2v) is 6.79. The molecular formula is C23H17ClN2O2. The summed E-state index contributed by atoms with van der Waals surface area (Å²) in [6, 6.07) is 22.3. The summed E-state index contributed by atoms with van der Waals surface area (Å²) in [6.45, 7) is 1.90. The number of halogens is 1. The lowest BCUT2D eigenvalue weighted by Crippen LogP contribution is -2.14. The van der Waals surface area contributed by atoms with E-state index in [1.54, 1.807) is 24.4 Å². The zero-order valence-electron chi connectivity index (χ0n) is 15.1. The summed E-state index contributed by atoms with van der Waals surface area (Å²) in [5.41, 5.74) is 3.65. The zero-order valence-corrected chi connectivity index (χ0v) is 15.9. The third kappa shape index (κ3) is 3.68. The number of anilines is 1. The average Bonchev–Trinajstić information content (AvgIpc) is 3.21. The highest BCUT2D eigenvalue weighted by atomic mass is 35.5. The molecule has 0 spiro atoms. The first-order chi connectivity index (χ1) is 13.6. The van der Waals surface area contributed by atoms with Gasteiger partial charge >= 0.3 is 0 Å². The first-order valence-corrected chi connectivity index (χ1v) is 9.18. The Balaban J connectivity index is 1.66. The molecule has 0 radical (unpaired) electrons. The molecule has 4 rings (SSSR count). The van der Waals surface area contributed by atoms with Crippen LogP contribution in [0.5, 0.6) is 0 Å². The molecule has 4 nitrogen and oxygen atoms in total. The topological polar surface area (TPSA) is 55.1 Å². The van der Waals surface area contributed by atoms with Gasteiger partial charge in [-0.1, -0.05) is 54.1 Å². The molecular weight excluding hydrogens is 372 g/mol. The van der Waals surface area contributed by atoms with Gasteiger partial charge in [0.2, 0.25) is 5.89 Å². The number of aryl methyl sites for hydroxylation is 1. The number of rotatable bonds is 4. The van der Waals surface area contributed by atoms with Crippen molar-refractivity contribution >= 4 is 23.2 Å². The first kappa shape index (κ1) is 18.0. The first-order valence-electron chi connectivity index (χ1n) is 8.80. The van der Waals surface area contributed by atoms with Crippen LogP contribution in [-0.2, 0) is 0 Å². The Kier molecular flexibility index (Phi) is 4.96. The fraction of sp³-hybridized carbons (Fsp3) is 0.0435. The standard InChI is InChI=1S/C23H17ClN2O2/c1-15-13-17(24)11-12-20(15)26-22(27)18-9-5-6-10-19(18)23-25-14-21(28-23)16-7-3-2-4-8-16/h2-14H,1H3,(H,26,27). The predicted octanol–water partition coefficient (Wildman–Crippen LogP) is 6.22. The van der Waals surface area contributed by atoms with Gasteiger partial charge in [0.15, 0.2) is 5.76 Å². The Bertz CT molecular complexity index is 1140. The summed E-state index contributed by atoms with van der Waals surface area (Å²) in [7, 11) is 0. The Morgan fingerprint density at radius 1 is 1.00 bits per heavy atom. The second kappa shape index (κ2) is 7.71. The molecule has 28 heavy (non-hydrogen) atoms. The van der Waals surface area contributed by atoms with Gasteiger partial charge in [-0.25, -0.2) is 4.98 Å². The van der Waals surface area contributed by atoms with Crippen molar-refractivity contribution in [1.29, 1.82) is 0 Å². The number of hydrogen-bond acceptors (Lipinski definition) is 3. The molecule has 3 aromatic carbocycles. The maximum Gasteiger partial charge on any atom is 0.256 e. The van der Waals surface area contributed by atoms with Crippen LogP contribution in [0.3, 0.4) is 0 Å². The van der Waals surface area contributed by atoms with Crippen LogP contribution in [0.15, 0.2) is 83.4 Å². The van der Waals surface area contributed by atoms with Gasteiger partial charge in [0, 0.05) is 21.8 Å². The van der Waals surface area contributed by atoms with Crippen LogP contribution < -0.4 is 5.32 Å². The lowest BCUT2D eigenvalue weighted by atomic mass is 10.1. The van der Waals surface area contributed by atoms with Crippen molar-refractivity contribution in [2.24, 2.45) is 0 Å². The highest BCUT2D eigenvalue weighted by Gasteiger charge is 2.17. The van der Waals surface area contributed by atoms with E-state index in [-0.39, 0.29) is 5.91 Å². The molecule has 4 aromatic rings. The minimum atomic E-state index is -0.236. The Hall–Kier alpha value is -3.37. The van der Waals surface area contributed by atoms with Crippen molar-refractivity contribution in [2.75, 3.05) is 5.32 Å². The molecule has 1 heterocycles. The normalized spacial score (nSPS) is 10.6. The van der Waals surface area contributed by atoms with Crippen LogP contribution >= 0.6 is 11.6 Å². The minimum Gasteiger partial charge on any atom is -0.436 e. The molecule has 0 aliphatic carbocycles. The smallest absolute Gasteiger partial charge is 0.256 e. The average molecular weight is 389 g/mol. The molecule has 138 valence electrons. The van der Waals surface area contributed by atoms with E-state index in [0.29, 0.717) is 33.5 Å². The van der Waals surface area contributed by atoms with Gasteiger partial charge in [-0.15, -0.1) is 0 Å². The summed E-state index contributed by atoms with van der Waals surface area (Å²) in [5, 5.41) is 3.56. The number of hydrogen-bond donors (Lipinski definition) is 1. The second-order valence-electron chi connectivity index (χ2n) is 6.35. The molecule has 1 aromatic heterocycles. The molecule has 0 saturated heterocycles. The van der Waals surface area contributed by atoms with Crippen LogP contribution in [0.1, 0.15) is 15.9 Å². The molecule has 0 bridgehead atoms. The van der Waals surface area contributed by atoms with Crippen LogP contribution in [0, 0.1) is 6.92 Å². The van der Waals surface area contributed by atoms with Crippen molar-refractivity contribution in [1.82, 2.24) is 4.98 Å². The number of aromatic nitrogens is 1. The number of carbonyl (C=O) groups excluding carboxylic acids is 1. The lowest BCUT2D eigenvalue weighted by molar-refractivity contribution is 0.102. The highest BCUT2D eigenvalue weighted by Crippen LogP contribution is 2.29. The SMILES string of the molecule is Cc1cc(Cl)ccc1NC(=O)c1ccccc1-c1ncc(-c2ccccc2)o1. The van der Waals surface area contributed by atoms with E-state index in [1.165, 1.54) is 0 Å². The van der Waals surface area contributed by atoms with Gasteiger partial charge in [0.1, 0.15) is 0 Å². The molecule has 0 atom stereocenters. The van der Waals surface area contributed by atoms with Gasteiger partial charge in [-0.05, 0) is 42.8 Å². The molecule has 0 aliphatic rings. The van der Waals surface area contributed by atoms with Crippen molar-refractivity contribution < 1.29 is 9.21 Å². The number of amides is 1. The van der Waals surface area contributed by atoms with E-state index in [2.05, 4.69) is 10.3 Å². The summed E-state index contributed by atoms with van der Waals surface area (Å²) < 4.78 is 5.93. The van der Waals surface area contributed by atoms with Crippen LogP contribution in [0.2, 0.25) is 5.02 Å². The van der Waals surface area contributed by atoms with Gasteiger partial charge < -0.3 is 9.73 Å². The third-order valence-corrected chi connectivity index (χ3v) is 4.64. The van der Waals surface area contributed by atoms with E-state index >= 15 is 0 Å². The van der Waals surface area contributed by atoms with E-state index in [9.17, 15) is 4.79 Å². The summed E-state index contributed by atoms with van der Waals surface area (Å²) >= 11 is 6.00. The van der Waals surface area contributed by atoms with Gasteiger partial charge in [0.05, 0.1) is 11.8 Å². The maximum absolute atomic E-state index is 12.9. The number of carbonyl (C=O) groups is 1. The third-order valence-electron chi connectivity index (χ3n) is 4.40. The molecule has 5 heteroatoms. The Morgan fingerprint density at radius 2 is 1.75 bits per heavy atom. The highest BCUT2D eigenvalue weighted by molar-refractivity contribution is 6.30. The summed E-state index contributed by atoms with van der Waals surface area (Å²) in [4.78, 5) is 17.3. The van der Waals surface area contributed by atoms with Gasteiger partial charge in [-0.2, -0.15) is 0 Å². The molecule has 0 saturated carbocycles. The molecule has 0 fully saturated rings. The summed E-state index contributed by atoms with van der Waals surface area (Å²) in [6.07, 6.45) is 1.67. The van der Waals surface area contributed by atoms with E-state index < -0.39 is 0 Å². The number of oxazole rings is 1. The fourth-order valence-corrected chi connectivity index (χ4v) is 3.19. The van der Waals surface area contributed by atoms with Crippen molar-refractivity contribution in [3.8, 4) is 22.8 Å². The van der Waals surface area contributed by atoms with Crippen molar-refractivity contribution in [3.63, 3.8) is 0 Å². The number of benzene rings is 3. The molecule has 0 unspecified atom stereocenters. The van der Waals surface area contributed by atoms with Crippen LogP contribution in [0.25, 0.3) is 22.8 Å². The Morgan fingerprint density at radius 3 is 2.54 bits per heavy atom. The maximum atomic E-state index is 12.9.